The third kappa shape index (κ3) is 8.64. The molecule has 0 aliphatic carbocycles. The minimum Gasteiger partial charge on any atom is -0.329 e. The van der Waals surface area contributed by atoms with Gasteiger partial charge in [-0.1, -0.05) is 11.6 Å². The summed E-state index contributed by atoms with van der Waals surface area (Å²) in [6.07, 6.45) is 8.77. The van der Waals surface area contributed by atoms with Gasteiger partial charge in [0.1, 0.15) is 0 Å². The Morgan fingerprint density at radius 2 is 1.89 bits per heavy atom. The van der Waals surface area contributed by atoms with Crippen molar-refractivity contribution in [2.75, 3.05) is 45.8 Å². The zero-order chi connectivity index (χ0) is 12.9. The van der Waals surface area contributed by atoms with Gasteiger partial charge in [0, 0.05) is 26.2 Å². The van der Waals surface area contributed by atoms with Crippen LogP contribution in [0.1, 0.15) is 32.1 Å². The Morgan fingerprint density at radius 1 is 1.06 bits per heavy atom. The van der Waals surface area contributed by atoms with Crippen LogP contribution in [0.5, 0.6) is 0 Å². The Bertz CT molecular complexity index is 216. The van der Waals surface area contributed by atoms with Gasteiger partial charge in [-0.25, -0.2) is 0 Å². The van der Waals surface area contributed by atoms with Crippen LogP contribution in [0.15, 0.2) is 11.6 Å². The Morgan fingerprint density at radius 3 is 2.72 bits per heavy atom. The maximum atomic E-state index is 5.40. The van der Waals surface area contributed by atoms with Gasteiger partial charge in [-0.2, -0.15) is 0 Å². The number of nitrogens with two attached hydrogens (primary N) is 1. The highest BCUT2D eigenvalue weighted by molar-refractivity contribution is 5.04. The second kappa shape index (κ2) is 11.7. The van der Waals surface area contributed by atoms with Crippen LogP contribution in [0.3, 0.4) is 0 Å². The molecule has 5 N–H and O–H groups in total. The Balaban J connectivity index is 1.84. The van der Waals surface area contributed by atoms with E-state index in [2.05, 4.69) is 22.0 Å². The second-order valence-electron chi connectivity index (χ2n) is 4.90. The van der Waals surface area contributed by atoms with E-state index in [9.17, 15) is 0 Å². The van der Waals surface area contributed by atoms with E-state index in [0.29, 0.717) is 0 Å². The van der Waals surface area contributed by atoms with Gasteiger partial charge in [0.2, 0.25) is 0 Å². The molecule has 0 spiro atoms. The van der Waals surface area contributed by atoms with E-state index in [1.165, 1.54) is 32.1 Å². The van der Waals surface area contributed by atoms with Crippen molar-refractivity contribution in [1.29, 1.82) is 0 Å². The molecule has 0 aromatic carbocycles. The van der Waals surface area contributed by atoms with Crippen LogP contribution < -0.4 is 21.7 Å². The minimum atomic E-state index is 0.726. The maximum absolute atomic E-state index is 5.40. The SMILES string of the molecule is NCCNCCNCCCCC1=CCCNCC1. The molecule has 1 aliphatic heterocycles. The third-order valence-corrected chi connectivity index (χ3v) is 3.28. The highest BCUT2D eigenvalue weighted by atomic mass is 14.9. The summed E-state index contributed by atoms with van der Waals surface area (Å²) in [5.74, 6) is 0. The molecule has 4 heteroatoms. The lowest BCUT2D eigenvalue weighted by Gasteiger charge is -2.07. The molecule has 1 aliphatic rings. The average Bonchev–Trinajstić information content (AvgIpc) is 2.65. The zero-order valence-corrected chi connectivity index (χ0v) is 11.6. The van der Waals surface area contributed by atoms with E-state index in [1.807, 2.05) is 0 Å². The molecular formula is C14H30N4. The van der Waals surface area contributed by atoms with Gasteiger partial charge < -0.3 is 21.7 Å². The summed E-state index contributed by atoms with van der Waals surface area (Å²) >= 11 is 0. The number of hydrogen-bond donors (Lipinski definition) is 4. The predicted octanol–water partition coefficient (Wildman–Crippen LogP) is 0.604. The zero-order valence-electron chi connectivity index (χ0n) is 11.6. The number of nitrogens with one attached hydrogen (secondary N) is 3. The lowest BCUT2D eigenvalue weighted by atomic mass is 10.0. The third-order valence-electron chi connectivity index (χ3n) is 3.28. The van der Waals surface area contributed by atoms with E-state index < -0.39 is 0 Å². The molecule has 0 saturated carbocycles. The second-order valence-corrected chi connectivity index (χ2v) is 4.90. The summed E-state index contributed by atoms with van der Waals surface area (Å²) in [6.45, 7) is 7.17. The quantitative estimate of drug-likeness (QED) is 0.341. The first-order valence-corrected chi connectivity index (χ1v) is 7.43. The van der Waals surface area contributed by atoms with Crippen molar-refractivity contribution < 1.29 is 0 Å². The summed E-state index contributed by atoms with van der Waals surface area (Å²) < 4.78 is 0. The van der Waals surface area contributed by atoms with Crippen molar-refractivity contribution in [3.63, 3.8) is 0 Å². The van der Waals surface area contributed by atoms with Gasteiger partial charge in [0.05, 0.1) is 0 Å². The van der Waals surface area contributed by atoms with Crippen molar-refractivity contribution in [3.8, 4) is 0 Å². The molecule has 0 unspecified atom stereocenters. The first-order chi connectivity index (χ1) is 8.93. The van der Waals surface area contributed by atoms with Crippen LogP contribution >= 0.6 is 0 Å². The van der Waals surface area contributed by atoms with Gasteiger partial charge >= 0.3 is 0 Å². The van der Waals surface area contributed by atoms with E-state index >= 15 is 0 Å². The highest BCUT2D eigenvalue weighted by Crippen LogP contribution is 2.13. The molecule has 0 atom stereocenters. The molecule has 1 rings (SSSR count). The molecule has 18 heavy (non-hydrogen) atoms. The molecule has 0 amide bonds. The molecule has 106 valence electrons. The fourth-order valence-corrected chi connectivity index (χ4v) is 2.21. The lowest BCUT2D eigenvalue weighted by molar-refractivity contribution is 0.584. The number of unbranched alkanes of at least 4 members (excludes halogenated alkanes) is 1. The van der Waals surface area contributed by atoms with Gasteiger partial charge in [-0.05, 0) is 51.7 Å². The van der Waals surface area contributed by atoms with Crippen molar-refractivity contribution in [2.45, 2.75) is 32.1 Å². The average molecular weight is 254 g/mol. The van der Waals surface area contributed by atoms with Crippen molar-refractivity contribution in [2.24, 2.45) is 5.73 Å². The van der Waals surface area contributed by atoms with Crippen LogP contribution in [0.25, 0.3) is 0 Å². The van der Waals surface area contributed by atoms with Crippen LogP contribution in [-0.4, -0.2) is 45.8 Å². The van der Waals surface area contributed by atoms with Crippen molar-refractivity contribution in [3.05, 3.63) is 11.6 Å². The van der Waals surface area contributed by atoms with Gasteiger partial charge in [-0.15, -0.1) is 0 Å². The van der Waals surface area contributed by atoms with E-state index in [0.717, 1.165) is 45.8 Å². The summed E-state index contributed by atoms with van der Waals surface area (Å²) in [6, 6.07) is 0. The molecule has 0 radical (unpaired) electrons. The predicted molar refractivity (Wildman–Crippen MR) is 78.8 cm³/mol. The highest BCUT2D eigenvalue weighted by Gasteiger charge is 2.01. The molecule has 0 aromatic heterocycles. The molecular weight excluding hydrogens is 224 g/mol. The Kier molecular flexibility index (Phi) is 10.1. The molecule has 1 heterocycles. The summed E-state index contributed by atoms with van der Waals surface area (Å²) in [5.41, 5.74) is 7.06. The Labute approximate surface area is 112 Å². The lowest BCUT2D eigenvalue weighted by Crippen LogP contribution is -2.31. The van der Waals surface area contributed by atoms with Gasteiger partial charge in [-0.3, -0.25) is 0 Å². The fourth-order valence-electron chi connectivity index (χ4n) is 2.21. The summed E-state index contributed by atoms with van der Waals surface area (Å²) in [5, 5.41) is 10.2. The van der Waals surface area contributed by atoms with Crippen LogP contribution in [0.4, 0.5) is 0 Å². The standard InChI is InChI=1S/C14H30N4/c15-7-11-18-13-12-17-8-2-1-4-14-5-3-9-16-10-6-14/h5,16-18H,1-4,6-13,15H2. The maximum Gasteiger partial charge on any atom is 0.00772 e. The molecule has 0 bridgehead atoms. The first kappa shape index (κ1) is 15.6. The monoisotopic (exact) mass is 254 g/mol. The Hall–Kier alpha value is -0.420. The van der Waals surface area contributed by atoms with Crippen LogP contribution in [-0.2, 0) is 0 Å². The fraction of sp³-hybridized carbons (Fsp3) is 0.857. The van der Waals surface area contributed by atoms with Crippen molar-refractivity contribution in [1.82, 2.24) is 16.0 Å². The molecule has 0 fully saturated rings. The molecule has 0 aromatic rings. The normalized spacial score (nSPS) is 16.4. The molecule has 4 nitrogen and oxygen atoms in total. The van der Waals surface area contributed by atoms with Crippen LogP contribution in [0.2, 0.25) is 0 Å². The largest absolute Gasteiger partial charge is 0.329 e. The first-order valence-electron chi connectivity index (χ1n) is 7.43. The van der Waals surface area contributed by atoms with Gasteiger partial charge in [0.15, 0.2) is 0 Å². The topological polar surface area (TPSA) is 62.1 Å². The number of hydrogen-bond acceptors (Lipinski definition) is 4. The number of rotatable bonds is 10. The summed E-state index contributed by atoms with van der Waals surface area (Å²) in [4.78, 5) is 0. The van der Waals surface area contributed by atoms with E-state index in [-0.39, 0.29) is 0 Å². The molecule has 0 saturated heterocycles. The summed E-state index contributed by atoms with van der Waals surface area (Å²) in [7, 11) is 0. The minimum absolute atomic E-state index is 0.726. The van der Waals surface area contributed by atoms with Crippen LogP contribution in [0, 0.1) is 0 Å². The van der Waals surface area contributed by atoms with E-state index in [1.54, 1.807) is 5.57 Å². The van der Waals surface area contributed by atoms with E-state index in [4.69, 9.17) is 5.73 Å². The van der Waals surface area contributed by atoms with Crippen molar-refractivity contribution >= 4 is 0 Å². The smallest absolute Gasteiger partial charge is 0.00772 e. The van der Waals surface area contributed by atoms with Gasteiger partial charge in [0.25, 0.3) is 0 Å².